The molecule has 4 nitrogen and oxygen atoms in total. The highest BCUT2D eigenvalue weighted by Gasteiger charge is 2.42. The Labute approximate surface area is 111 Å². The van der Waals surface area contributed by atoms with Crippen LogP contribution in [0, 0.1) is 11.8 Å². The van der Waals surface area contributed by atoms with Gasteiger partial charge in [-0.2, -0.15) is 13.2 Å². The minimum atomic E-state index is -4.50. The zero-order chi connectivity index (χ0) is 14.5. The van der Waals surface area contributed by atoms with Crippen molar-refractivity contribution in [3.05, 3.63) is 0 Å². The van der Waals surface area contributed by atoms with E-state index in [0.717, 1.165) is 25.7 Å². The number of alkyl halides is 3. The van der Waals surface area contributed by atoms with Gasteiger partial charge in [-0.15, -0.1) is 0 Å². The molecule has 1 fully saturated rings. The molecule has 1 aliphatic carbocycles. The molecule has 7 heteroatoms. The van der Waals surface area contributed by atoms with E-state index in [1.54, 1.807) is 0 Å². The third kappa shape index (κ3) is 4.89. The second kappa shape index (κ2) is 6.98. The van der Waals surface area contributed by atoms with Gasteiger partial charge in [-0.1, -0.05) is 24.4 Å². The zero-order valence-corrected chi connectivity index (χ0v) is 11.1. The molecule has 0 aliphatic heterocycles. The molecular weight excluding hydrogens is 259 g/mol. The first-order valence-electron chi connectivity index (χ1n) is 6.63. The van der Waals surface area contributed by atoms with Crippen LogP contribution in [-0.2, 0) is 0 Å². The molecule has 2 atom stereocenters. The summed E-state index contributed by atoms with van der Waals surface area (Å²) in [7, 11) is 0. The number of hydrogen-bond donors (Lipinski definition) is 3. The van der Waals surface area contributed by atoms with Crippen molar-refractivity contribution in [3.8, 4) is 0 Å². The average molecular weight is 281 g/mol. The van der Waals surface area contributed by atoms with Gasteiger partial charge in [0.05, 0.1) is 0 Å². The summed E-state index contributed by atoms with van der Waals surface area (Å²) in [5.41, 5.74) is 5.11. The fourth-order valence-corrected chi connectivity index (χ4v) is 2.56. The van der Waals surface area contributed by atoms with Gasteiger partial charge in [-0.05, 0) is 25.7 Å². The summed E-state index contributed by atoms with van der Waals surface area (Å²) in [6.45, 7) is 1.55. The lowest BCUT2D eigenvalue weighted by Gasteiger charge is -2.30. The molecule has 0 aromatic rings. The normalized spacial score (nSPS) is 22.2. The second-order valence-electron chi connectivity index (χ2n) is 5.21. The highest BCUT2D eigenvalue weighted by Crippen LogP contribution is 2.28. The van der Waals surface area contributed by atoms with Crippen molar-refractivity contribution in [1.82, 2.24) is 5.32 Å². The summed E-state index contributed by atoms with van der Waals surface area (Å²) in [6.07, 6.45) is 1.08. The van der Waals surface area contributed by atoms with Crippen molar-refractivity contribution in [2.75, 3.05) is 6.54 Å². The van der Waals surface area contributed by atoms with Gasteiger partial charge in [0.25, 0.3) is 0 Å². The van der Waals surface area contributed by atoms with Gasteiger partial charge >= 0.3 is 6.18 Å². The predicted molar refractivity (Wildman–Crippen MR) is 67.0 cm³/mol. The van der Waals surface area contributed by atoms with Crippen molar-refractivity contribution in [2.45, 2.75) is 51.2 Å². The average Bonchev–Trinajstić information content (AvgIpc) is 2.37. The van der Waals surface area contributed by atoms with Crippen LogP contribution in [0.1, 0.15) is 39.0 Å². The highest BCUT2D eigenvalue weighted by molar-refractivity contribution is 5.83. The van der Waals surface area contributed by atoms with E-state index in [9.17, 15) is 13.2 Å². The number of nitrogens with zero attached hydrogens (tertiary/aromatic N) is 1. The predicted octanol–water partition coefficient (Wildman–Crippen LogP) is 2.47. The molecule has 4 N–H and O–H groups in total. The number of nitrogens with one attached hydrogen (secondary N) is 1. The molecule has 112 valence electrons. The Balaban J connectivity index is 2.51. The molecule has 0 spiro atoms. The third-order valence-corrected chi connectivity index (χ3v) is 3.87. The fourth-order valence-electron chi connectivity index (χ4n) is 2.56. The molecule has 0 aromatic carbocycles. The lowest BCUT2D eigenvalue weighted by atomic mass is 9.84. The number of halogens is 3. The smallest absolute Gasteiger partial charge is 0.400 e. The summed E-state index contributed by atoms with van der Waals surface area (Å²) >= 11 is 0. The fraction of sp³-hybridized carbons (Fsp3) is 0.917. The van der Waals surface area contributed by atoms with Gasteiger partial charge in [0.15, 0.2) is 5.84 Å². The number of nitrogens with two attached hydrogens (primary N) is 1. The van der Waals surface area contributed by atoms with Gasteiger partial charge < -0.3 is 16.3 Å². The van der Waals surface area contributed by atoms with Crippen LogP contribution < -0.4 is 11.1 Å². The van der Waals surface area contributed by atoms with E-state index >= 15 is 0 Å². The summed E-state index contributed by atoms with van der Waals surface area (Å²) in [5, 5.41) is 13.8. The van der Waals surface area contributed by atoms with Crippen molar-refractivity contribution < 1.29 is 18.4 Å². The Bertz CT molecular complexity index is 301. The summed E-state index contributed by atoms with van der Waals surface area (Å²) < 4.78 is 38.2. The number of hydrogen-bond acceptors (Lipinski definition) is 3. The minimum absolute atomic E-state index is 0.0108. The van der Waals surface area contributed by atoms with Gasteiger partial charge in [0, 0.05) is 12.6 Å². The quantitative estimate of drug-likeness (QED) is 0.314. The highest BCUT2D eigenvalue weighted by atomic mass is 19.4. The van der Waals surface area contributed by atoms with Crippen LogP contribution in [0.3, 0.4) is 0 Å². The van der Waals surface area contributed by atoms with E-state index in [0.29, 0.717) is 5.92 Å². The molecular formula is C12H22F3N3O. The van der Waals surface area contributed by atoms with E-state index in [1.807, 2.05) is 6.92 Å². The molecule has 1 aliphatic rings. The molecule has 0 amide bonds. The van der Waals surface area contributed by atoms with Gasteiger partial charge in [-0.3, -0.25) is 0 Å². The maximum absolute atomic E-state index is 12.7. The third-order valence-electron chi connectivity index (χ3n) is 3.87. The Morgan fingerprint density at radius 2 is 1.95 bits per heavy atom. The SMILES string of the molecule is CC(NCC(C(N)=NO)C(F)(F)F)C1CCCCC1. The van der Waals surface area contributed by atoms with Crippen molar-refractivity contribution in [3.63, 3.8) is 0 Å². The van der Waals surface area contributed by atoms with Crippen LogP contribution in [0.15, 0.2) is 5.16 Å². The molecule has 0 saturated heterocycles. The number of rotatable bonds is 5. The van der Waals surface area contributed by atoms with Crippen LogP contribution in [0.4, 0.5) is 13.2 Å². The maximum atomic E-state index is 12.7. The Kier molecular flexibility index (Phi) is 5.90. The molecule has 0 heterocycles. The van der Waals surface area contributed by atoms with E-state index in [1.165, 1.54) is 6.42 Å². The maximum Gasteiger partial charge on any atom is 0.400 e. The Morgan fingerprint density at radius 1 is 1.37 bits per heavy atom. The summed E-state index contributed by atoms with van der Waals surface area (Å²) in [4.78, 5) is 0. The van der Waals surface area contributed by atoms with Crippen LogP contribution in [-0.4, -0.2) is 29.8 Å². The van der Waals surface area contributed by atoms with E-state index in [4.69, 9.17) is 10.9 Å². The number of oxime groups is 1. The minimum Gasteiger partial charge on any atom is -0.409 e. The molecule has 2 unspecified atom stereocenters. The standard InChI is InChI=1S/C12H22F3N3O/c1-8(9-5-3-2-4-6-9)17-7-10(11(16)18-19)12(13,14)15/h8-10,17,19H,2-7H2,1H3,(H2,16,18). The first kappa shape index (κ1) is 16.1. The first-order valence-corrected chi connectivity index (χ1v) is 6.63. The van der Waals surface area contributed by atoms with E-state index in [2.05, 4.69) is 10.5 Å². The molecule has 1 rings (SSSR count). The van der Waals surface area contributed by atoms with Crippen LogP contribution in [0.25, 0.3) is 0 Å². The van der Waals surface area contributed by atoms with Gasteiger partial charge in [-0.25, -0.2) is 0 Å². The summed E-state index contributed by atoms with van der Waals surface area (Å²) in [5.74, 6) is -2.32. The molecule has 0 bridgehead atoms. The number of amidine groups is 1. The lowest BCUT2D eigenvalue weighted by molar-refractivity contribution is -0.155. The van der Waals surface area contributed by atoms with Crippen molar-refractivity contribution >= 4 is 5.84 Å². The molecule has 1 saturated carbocycles. The monoisotopic (exact) mass is 281 g/mol. The van der Waals surface area contributed by atoms with E-state index < -0.39 is 17.9 Å². The van der Waals surface area contributed by atoms with Crippen molar-refractivity contribution in [2.24, 2.45) is 22.7 Å². The van der Waals surface area contributed by atoms with Crippen LogP contribution in [0.5, 0.6) is 0 Å². The zero-order valence-electron chi connectivity index (χ0n) is 11.1. The van der Waals surface area contributed by atoms with Crippen molar-refractivity contribution in [1.29, 1.82) is 0 Å². The van der Waals surface area contributed by atoms with Crippen LogP contribution in [0.2, 0.25) is 0 Å². The molecule has 19 heavy (non-hydrogen) atoms. The Morgan fingerprint density at radius 3 is 2.42 bits per heavy atom. The molecule has 0 radical (unpaired) electrons. The largest absolute Gasteiger partial charge is 0.409 e. The second-order valence-corrected chi connectivity index (χ2v) is 5.21. The van der Waals surface area contributed by atoms with Crippen LogP contribution >= 0.6 is 0 Å². The lowest BCUT2D eigenvalue weighted by Crippen LogP contribution is -2.46. The van der Waals surface area contributed by atoms with Gasteiger partial charge in [0.2, 0.25) is 0 Å². The molecule has 0 aromatic heterocycles. The van der Waals surface area contributed by atoms with Gasteiger partial charge in [0.1, 0.15) is 5.92 Å². The Hall–Kier alpha value is -0.980. The van der Waals surface area contributed by atoms with E-state index in [-0.39, 0.29) is 12.6 Å². The topological polar surface area (TPSA) is 70.6 Å². The first-order chi connectivity index (χ1) is 8.86. The summed E-state index contributed by atoms with van der Waals surface area (Å²) in [6, 6.07) is 0.0108.